The molecule has 0 N–H and O–H groups in total. The number of amides is 2. The minimum absolute atomic E-state index is 0.0000549. The van der Waals surface area contributed by atoms with Crippen LogP contribution in [0.5, 0.6) is 0 Å². The number of hydrogen-bond donors (Lipinski definition) is 0. The van der Waals surface area contributed by atoms with Crippen molar-refractivity contribution in [1.82, 2.24) is 15.0 Å². The van der Waals surface area contributed by atoms with Crippen LogP contribution in [0.4, 0.5) is 0 Å². The fraction of sp³-hybridized carbons (Fsp3) is 0.414. The molecule has 0 radical (unpaired) electrons. The zero-order valence-electron chi connectivity index (χ0n) is 20.4. The molecule has 2 saturated heterocycles. The Kier molecular flexibility index (Phi) is 6.98. The van der Waals surface area contributed by atoms with Gasteiger partial charge in [-0.1, -0.05) is 65.8 Å². The molecule has 2 amide bonds. The van der Waals surface area contributed by atoms with E-state index in [-0.39, 0.29) is 17.9 Å². The minimum Gasteiger partial charge on any atom is -0.360 e. The topological polar surface area (TPSA) is 66.7 Å². The van der Waals surface area contributed by atoms with Gasteiger partial charge in [-0.3, -0.25) is 9.59 Å². The lowest BCUT2D eigenvalue weighted by molar-refractivity contribution is -0.134. The van der Waals surface area contributed by atoms with Crippen LogP contribution in [0.25, 0.3) is 11.3 Å². The van der Waals surface area contributed by atoms with E-state index >= 15 is 0 Å². The lowest BCUT2D eigenvalue weighted by atomic mass is 9.83. The van der Waals surface area contributed by atoms with Crippen LogP contribution in [0.15, 0.2) is 65.2 Å². The van der Waals surface area contributed by atoms with Gasteiger partial charge in [0.1, 0.15) is 17.0 Å². The summed E-state index contributed by atoms with van der Waals surface area (Å²) in [5.74, 6) is 1.12. The Morgan fingerprint density at radius 2 is 1.74 bits per heavy atom. The van der Waals surface area contributed by atoms with Gasteiger partial charge in [-0.2, -0.15) is 0 Å². The third-order valence-corrected chi connectivity index (χ3v) is 7.50. The van der Waals surface area contributed by atoms with Gasteiger partial charge in [-0.05, 0) is 50.5 Å². The van der Waals surface area contributed by atoms with Crippen molar-refractivity contribution in [2.75, 3.05) is 19.6 Å². The lowest BCUT2D eigenvalue weighted by Crippen LogP contribution is -2.56. The van der Waals surface area contributed by atoms with E-state index in [1.54, 1.807) is 0 Å². The smallest absolute Gasteiger partial charge is 0.260 e. The molecule has 2 aliphatic rings. The van der Waals surface area contributed by atoms with Crippen LogP contribution in [-0.2, 0) is 11.2 Å². The summed E-state index contributed by atoms with van der Waals surface area (Å²) in [6, 6.07) is 20.2. The maximum atomic E-state index is 13.8. The standard InChI is InChI=1S/C29H33N3O3/c1-21-27(28(30-35-21)23-13-6-3-7-14-23)29(34)32-18-9-15-24-20-31(19-17-25(24)32)26(33)16-8-12-22-10-4-2-5-11-22/h2-7,10-11,13-14,24-25H,8-9,12,15-20H2,1H3/t24-,25+/m1/s1. The van der Waals surface area contributed by atoms with Crippen molar-refractivity contribution in [3.63, 3.8) is 0 Å². The number of carbonyl (C=O) groups excluding carboxylic acids is 2. The first kappa shape index (κ1) is 23.3. The molecule has 1 aromatic heterocycles. The third kappa shape index (κ3) is 5.02. The molecule has 35 heavy (non-hydrogen) atoms. The summed E-state index contributed by atoms with van der Waals surface area (Å²) < 4.78 is 5.47. The molecule has 2 aromatic carbocycles. The van der Waals surface area contributed by atoms with Crippen LogP contribution in [0.1, 0.15) is 53.8 Å². The first-order valence-corrected chi connectivity index (χ1v) is 12.8. The summed E-state index contributed by atoms with van der Waals surface area (Å²) in [5, 5.41) is 4.22. The normalized spacial score (nSPS) is 19.9. The van der Waals surface area contributed by atoms with Gasteiger partial charge in [-0.25, -0.2) is 0 Å². The van der Waals surface area contributed by atoms with E-state index in [1.807, 2.05) is 65.3 Å². The molecule has 3 heterocycles. The molecule has 0 spiro atoms. The van der Waals surface area contributed by atoms with Gasteiger partial charge in [-0.15, -0.1) is 0 Å². The van der Waals surface area contributed by atoms with Crippen LogP contribution < -0.4 is 0 Å². The molecule has 6 heteroatoms. The molecule has 2 atom stereocenters. The van der Waals surface area contributed by atoms with Crippen molar-refractivity contribution >= 4 is 11.8 Å². The highest BCUT2D eigenvalue weighted by atomic mass is 16.5. The van der Waals surface area contributed by atoms with E-state index in [4.69, 9.17) is 4.52 Å². The number of carbonyl (C=O) groups is 2. The second-order valence-corrected chi connectivity index (χ2v) is 9.76. The van der Waals surface area contributed by atoms with E-state index in [1.165, 1.54) is 5.56 Å². The van der Waals surface area contributed by atoms with E-state index in [0.717, 1.165) is 50.8 Å². The average Bonchev–Trinajstić information content (AvgIpc) is 3.30. The zero-order chi connectivity index (χ0) is 24.2. The van der Waals surface area contributed by atoms with Crippen molar-refractivity contribution in [2.24, 2.45) is 5.92 Å². The minimum atomic E-state index is -0.0000549. The first-order chi connectivity index (χ1) is 17.1. The van der Waals surface area contributed by atoms with Crippen molar-refractivity contribution in [3.05, 3.63) is 77.6 Å². The molecular weight excluding hydrogens is 438 g/mol. The molecule has 0 unspecified atom stereocenters. The molecular formula is C29H33N3O3. The molecule has 0 saturated carbocycles. The number of piperidine rings is 2. The molecule has 5 rings (SSSR count). The number of fused-ring (bicyclic) bond motifs is 1. The summed E-state index contributed by atoms with van der Waals surface area (Å²) in [7, 11) is 0. The predicted molar refractivity (Wildman–Crippen MR) is 135 cm³/mol. The number of nitrogens with zero attached hydrogens (tertiary/aromatic N) is 3. The fourth-order valence-electron chi connectivity index (χ4n) is 5.69. The van der Waals surface area contributed by atoms with Crippen LogP contribution >= 0.6 is 0 Å². The Morgan fingerprint density at radius 1 is 1.00 bits per heavy atom. The molecule has 3 aromatic rings. The maximum absolute atomic E-state index is 13.8. The quantitative estimate of drug-likeness (QED) is 0.500. The Bertz CT molecular complexity index is 1160. The third-order valence-electron chi connectivity index (χ3n) is 7.50. The zero-order valence-corrected chi connectivity index (χ0v) is 20.4. The lowest BCUT2D eigenvalue weighted by Gasteiger charge is -2.47. The Balaban J connectivity index is 1.23. The number of hydrogen-bond acceptors (Lipinski definition) is 4. The Labute approximate surface area is 206 Å². The van der Waals surface area contributed by atoms with Crippen molar-refractivity contribution in [3.8, 4) is 11.3 Å². The highest BCUT2D eigenvalue weighted by Crippen LogP contribution is 2.34. The van der Waals surface area contributed by atoms with Gasteiger partial charge in [0.15, 0.2) is 0 Å². The monoisotopic (exact) mass is 471 g/mol. The number of benzene rings is 2. The number of likely N-dealkylation sites (tertiary alicyclic amines) is 2. The SMILES string of the molecule is Cc1onc(-c2ccccc2)c1C(=O)N1CCC[C@@H]2CN(C(=O)CCCc3ccccc3)CC[C@@H]21. The van der Waals surface area contributed by atoms with Crippen LogP contribution in [0, 0.1) is 12.8 Å². The van der Waals surface area contributed by atoms with Crippen molar-refractivity contribution in [1.29, 1.82) is 0 Å². The fourth-order valence-corrected chi connectivity index (χ4v) is 5.69. The highest BCUT2D eigenvalue weighted by Gasteiger charge is 2.40. The maximum Gasteiger partial charge on any atom is 0.260 e. The summed E-state index contributed by atoms with van der Waals surface area (Å²) in [6.45, 7) is 4.00. The van der Waals surface area contributed by atoms with Gasteiger partial charge < -0.3 is 14.3 Å². The molecule has 0 bridgehead atoms. The van der Waals surface area contributed by atoms with Crippen molar-refractivity contribution in [2.45, 2.75) is 51.5 Å². The van der Waals surface area contributed by atoms with E-state index in [0.29, 0.717) is 35.9 Å². The van der Waals surface area contributed by atoms with Gasteiger partial charge in [0.05, 0.1) is 0 Å². The summed E-state index contributed by atoms with van der Waals surface area (Å²) in [6.07, 6.45) is 5.20. The summed E-state index contributed by atoms with van der Waals surface area (Å²) in [4.78, 5) is 30.8. The molecule has 0 aliphatic carbocycles. The highest BCUT2D eigenvalue weighted by molar-refractivity contribution is 6.01. The molecule has 2 fully saturated rings. The Morgan fingerprint density at radius 3 is 2.51 bits per heavy atom. The van der Waals surface area contributed by atoms with E-state index in [9.17, 15) is 9.59 Å². The van der Waals surface area contributed by atoms with Crippen LogP contribution in [0.3, 0.4) is 0 Å². The number of aryl methyl sites for hydroxylation is 2. The number of rotatable bonds is 6. The van der Waals surface area contributed by atoms with Gasteiger partial charge >= 0.3 is 0 Å². The summed E-state index contributed by atoms with van der Waals surface area (Å²) >= 11 is 0. The van der Waals surface area contributed by atoms with Gasteiger partial charge in [0.2, 0.25) is 5.91 Å². The van der Waals surface area contributed by atoms with E-state index < -0.39 is 0 Å². The van der Waals surface area contributed by atoms with Crippen LogP contribution in [-0.4, -0.2) is 52.4 Å². The van der Waals surface area contributed by atoms with E-state index in [2.05, 4.69) is 17.3 Å². The largest absolute Gasteiger partial charge is 0.360 e. The van der Waals surface area contributed by atoms with Gasteiger partial charge in [0.25, 0.3) is 5.91 Å². The van der Waals surface area contributed by atoms with Crippen molar-refractivity contribution < 1.29 is 14.1 Å². The van der Waals surface area contributed by atoms with Crippen LogP contribution in [0.2, 0.25) is 0 Å². The Hall–Kier alpha value is -3.41. The molecule has 182 valence electrons. The summed E-state index contributed by atoms with van der Waals surface area (Å²) in [5.41, 5.74) is 3.34. The van der Waals surface area contributed by atoms with Gasteiger partial charge in [0, 0.05) is 37.7 Å². The molecule has 2 aliphatic heterocycles. The second-order valence-electron chi connectivity index (χ2n) is 9.76. The second kappa shape index (κ2) is 10.5. The first-order valence-electron chi connectivity index (χ1n) is 12.8. The number of aromatic nitrogens is 1. The molecule has 6 nitrogen and oxygen atoms in total. The predicted octanol–water partition coefficient (Wildman–Crippen LogP) is 5.13. The average molecular weight is 472 g/mol.